The third kappa shape index (κ3) is 2.60. The van der Waals surface area contributed by atoms with Crippen LogP contribution in [0.3, 0.4) is 0 Å². The summed E-state index contributed by atoms with van der Waals surface area (Å²) in [6, 6.07) is -0.0322. The van der Waals surface area contributed by atoms with Gasteiger partial charge < -0.3 is 9.64 Å². The van der Waals surface area contributed by atoms with Crippen molar-refractivity contribution in [1.82, 2.24) is 9.88 Å². The van der Waals surface area contributed by atoms with Crippen LogP contribution in [0.4, 0.5) is 5.13 Å². The number of carbonyl (C=O) groups is 1. The SMILES string of the molecule is Cc1csc(N2CCN([C@@H]3C[C@H](C)OC3=O)CC2)n1. The molecule has 3 rings (SSSR count). The summed E-state index contributed by atoms with van der Waals surface area (Å²) in [6.07, 6.45) is 0.895. The van der Waals surface area contributed by atoms with Gasteiger partial charge in [0.15, 0.2) is 5.13 Å². The number of aromatic nitrogens is 1. The van der Waals surface area contributed by atoms with E-state index in [1.165, 1.54) is 0 Å². The van der Waals surface area contributed by atoms with E-state index in [9.17, 15) is 4.79 Å². The molecule has 6 heteroatoms. The zero-order valence-corrected chi connectivity index (χ0v) is 12.2. The Morgan fingerprint density at radius 1 is 1.37 bits per heavy atom. The fourth-order valence-corrected chi connectivity index (χ4v) is 3.60. The van der Waals surface area contributed by atoms with Gasteiger partial charge in [-0.2, -0.15) is 0 Å². The predicted molar refractivity (Wildman–Crippen MR) is 74.6 cm³/mol. The second-order valence-corrected chi connectivity index (χ2v) is 6.13. The van der Waals surface area contributed by atoms with Crippen molar-refractivity contribution >= 4 is 22.4 Å². The summed E-state index contributed by atoms with van der Waals surface area (Å²) >= 11 is 1.70. The van der Waals surface area contributed by atoms with Gasteiger partial charge in [0.1, 0.15) is 12.1 Å². The molecule has 2 aliphatic rings. The number of carbonyl (C=O) groups excluding carboxylic acids is 1. The van der Waals surface area contributed by atoms with Crippen molar-refractivity contribution in [1.29, 1.82) is 0 Å². The highest BCUT2D eigenvalue weighted by atomic mass is 32.1. The minimum Gasteiger partial charge on any atom is -0.461 e. The highest BCUT2D eigenvalue weighted by Crippen LogP contribution is 2.24. The smallest absolute Gasteiger partial charge is 0.323 e. The third-order valence-electron chi connectivity index (χ3n) is 3.78. The number of thiazole rings is 1. The Hall–Kier alpha value is -1.14. The molecule has 0 amide bonds. The van der Waals surface area contributed by atoms with Crippen LogP contribution in [-0.2, 0) is 9.53 Å². The van der Waals surface area contributed by atoms with Crippen molar-refractivity contribution in [3.63, 3.8) is 0 Å². The summed E-state index contributed by atoms with van der Waals surface area (Å²) in [4.78, 5) is 20.8. The summed E-state index contributed by atoms with van der Waals surface area (Å²) in [5.41, 5.74) is 1.08. The van der Waals surface area contributed by atoms with Crippen molar-refractivity contribution in [2.24, 2.45) is 0 Å². The van der Waals surface area contributed by atoms with Gasteiger partial charge in [-0.1, -0.05) is 0 Å². The standard InChI is InChI=1S/C13H19N3O2S/c1-9-8-19-13(14-9)16-5-3-15(4-6-16)11-7-10(2)18-12(11)17/h8,10-11H,3-7H2,1-2H3/t10-,11+/m0/s1. The van der Waals surface area contributed by atoms with Gasteiger partial charge in [-0.05, 0) is 13.8 Å². The number of hydrogen-bond donors (Lipinski definition) is 0. The summed E-state index contributed by atoms with van der Waals surface area (Å²) in [5, 5.41) is 3.18. The predicted octanol–water partition coefficient (Wildman–Crippen LogP) is 1.28. The van der Waals surface area contributed by atoms with Crippen LogP contribution >= 0.6 is 11.3 Å². The van der Waals surface area contributed by atoms with Crippen molar-refractivity contribution in [3.8, 4) is 0 Å². The van der Waals surface area contributed by atoms with E-state index in [0.29, 0.717) is 0 Å². The number of nitrogens with zero attached hydrogens (tertiary/aromatic N) is 3. The molecule has 0 aliphatic carbocycles. The Kier molecular flexibility index (Phi) is 3.45. The number of cyclic esters (lactones) is 1. The molecule has 19 heavy (non-hydrogen) atoms. The van der Waals surface area contributed by atoms with Gasteiger partial charge in [0.05, 0.1) is 5.69 Å². The van der Waals surface area contributed by atoms with E-state index in [0.717, 1.165) is 43.4 Å². The van der Waals surface area contributed by atoms with Crippen molar-refractivity contribution in [2.45, 2.75) is 32.4 Å². The van der Waals surface area contributed by atoms with Crippen molar-refractivity contribution < 1.29 is 9.53 Å². The molecule has 3 heterocycles. The monoisotopic (exact) mass is 281 g/mol. The number of aryl methyl sites for hydroxylation is 1. The maximum atomic E-state index is 11.8. The molecule has 0 aromatic carbocycles. The van der Waals surface area contributed by atoms with Gasteiger partial charge in [0.2, 0.25) is 0 Å². The number of rotatable bonds is 2. The van der Waals surface area contributed by atoms with Crippen molar-refractivity contribution in [3.05, 3.63) is 11.1 Å². The van der Waals surface area contributed by atoms with E-state index in [4.69, 9.17) is 4.74 Å². The van der Waals surface area contributed by atoms with Gasteiger partial charge in [-0.3, -0.25) is 9.69 Å². The van der Waals surface area contributed by atoms with Crippen LogP contribution in [0.25, 0.3) is 0 Å². The van der Waals surface area contributed by atoms with Crippen LogP contribution in [-0.4, -0.2) is 54.2 Å². The summed E-state index contributed by atoms with van der Waals surface area (Å²) < 4.78 is 5.24. The fourth-order valence-electron chi connectivity index (χ4n) is 2.75. The lowest BCUT2D eigenvalue weighted by atomic mass is 10.1. The van der Waals surface area contributed by atoms with E-state index < -0.39 is 0 Å². The minimum absolute atomic E-state index is 0.0322. The molecule has 0 spiro atoms. The van der Waals surface area contributed by atoms with Crippen LogP contribution in [0, 0.1) is 6.92 Å². The van der Waals surface area contributed by atoms with Crippen LogP contribution in [0.2, 0.25) is 0 Å². The van der Waals surface area contributed by atoms with E-state index in [1.54, 1.807) is 11.3 Å². The molecule has 104 valence electrons. The lowest BCUT2D eigenvalue weighted by molar-refractivity contribution is -0.144. The molecule has 5 nitrogen and oxygen atoms in total. The molecule has 0 saturated carbocycles. The summed E-state index contributed by atoms with van der Waals surface area (Å²) in [6.45, 7) is 7.67. The first kappa shape index (κ1) is 12.9. The molecule has 2 atom stereocenters. The Bertz CT molecular complexity index is 468. The average molecular weight is 281 g/mol. The first-order valence-electron chi connectivity index (χ1n) is 6.75. The van der Waals surface area contributed by atoms with E-state index in [1.807, 2.05) is 13.8 Å². The molecule has 1 aromatic rings. The van der Waals surface area contributed by atoms with E-state index in [-0.39, 0.29) is 18.1 Å². The molecule has 2 saturated heterocycles. The van der Waals surface area contributed by atoms with Crippen LogP contribution in [0.5, 0.6) is 0 Å². The third-order valence-corrected chi connectivity index (χ3v) is 4.80. The molecule has 0 N–H and O–H groups in total. The van der Waals surface area contributed by atoms with Gasteiger partial charge in [-0.25, -0.2) is 4.98 Å². The second-order valence-electron chi connectivity index (χ2n) is 5.29. The number of hydrogen-bond acceptors (Lipinski definition) is 6. The Morgan fingerprint density at radius 3 is 2.63 bits per heavy atom. The van der Waals surface area contributed by atoms with Gasteiger partial charge in [0.25, 0.3) is 0 Å². The minimum atomic E-state index is -0.0500. The number of piperazine rings is 1. The molecule has 0 bridgehead atoms. The first-order valence-corrected chi connectivity index (χ1v) is 7.63. The Morgan fingerprint density at radius 2 is 2.11 bits per heavy atom. The molecule has 1 aromatic heterocycles. The van der Waals surface area contributed by atoms with Gasteiger partial charge in [-0.15, -0.1) is 11.3 Å². The quantitative estimate of drug-likeness (QED) is 0.764. The topological polar surface area (TPSA) is 45.7 Å². The highest BCUT2D eigenvalue weighted by molar-refractivity contribution is 7.13. The first-order chi connectivity index (χ1) is 9.13. The maximum absolute atomic E-state index is 11.8. The highest BCUT2D eigenvalue weighted by Gasteiger charge is 2.37. The molecule has 0 unspecified atom stereocenters. The van der Waals surface area contributed by atoms with Crippen LogP contribution in [0.15, 0.2) is 5.38 Å². The van der Waals surface area contributed by atoms with E-state index >= 15 is 0 Å². The van der Waals surface area contributed by atoms with Crippen molar-refractivity contribution in [2.75, 3.05) is 31.1 Å². The Labute approximate surface area is 117 Å². The summed E-state index contributed by atoms with van der Waals surface area (Å²) in [5.74, 6) is -0.0500. The lowest BCUT2D eigenvalue weighted by Crippen LogP contribution is -2.51. The van der Waals surface area contributed by atoms with E-state index in [2.05, 4.69) is 20.2 Å². The number of anilines is 1. The fraction of sp³-hybridized carbons (Fsp3) is 0.692. The average Bonchev–Trinajstić information content (AvgIpc) is 2.96. The molecule has 2 aliphatic heterocycles. The largest absolute Gasteiger partial charge is 0.461 e. The lowest BCUT2D eigenvalue weighted by Gasteiger charge is -2.36. The molecular formula is C13H19N3O2S. The Balaban J connectivity index is 1.59. The molecule has 2 fully saturated rings. The van der Waals surface area contributed by atoms with Gasteiger partial charge in [0, 0.05) is 38.0 Å². The molecule has 0 radical (unpaired) electrons. The number of ether oxygens (including phenoxy) is 1. The molecular weight excluding hydrogens is 262 g/mol. The zero-order valence-electron chi connectivity index (χ0n) is 11.3. The van der Waals surface area contributed by atoms with Crippen LogP contribution in [0.1, 0.15) is 19.0 Å². The zero-order chi connectivity index (χ0) is 13.4. The summed E-state index contributed by atoms with van der Waals surface area (Å²) in [7, 11) is 0. The number of esters is 1. The second kappa shape index (κ2) is 5.09. The maximum Gasteiger partial charge on any atom is 0.323 e. The van der Waals surface area contributed by atoms with Crippen LogP contribution < -0.4 is 4.90 Å². The normalized spacial score (nSPS) is 28.7. The van der Waals surface area contributed by atoms with Gasteiger partial charge >= 0.3 is 5.97 Å².